The molecule has 2 aromatic rings. The highest BCUT2D eigenvalue weighted by Gasteiger charge is 2.39. The summed E-state index contributed by atoms with van der Waals surface area (Å²) in [6.45, 7) is 0. The monoisotopic (exact) mass is 334 g/mol. The van der Waals surface area contributed by atoms with Crippen LogP contribution in [0.3, 0.4) is 0 Å². The van der Waals surface area contributed by atoms with Gasteiger partial charge in [0.25, 0.3) is 5.91 Å². The van der Waals surface area contributed by atoms with Crippen molar-refractivity contribution < 1.29 is 18.0 Å². The van der Waals surface area contributed by atoms with E-state index in [4.69, 9.17) is 11.6 Å². The third-order valence-corrected chi connectivity index (χ3v) is 3.19. The number of hydrogen-bond acceptors (Lipinski definition) is 5. The van der Waals surface area contributed by atoms with Gasteiger partial charge in [-0.2, -0.15) is 18.3 Å². The van der Waals surface area contributed by atoms with Crippen molar-refractivity contribution in [3.8, 4) is 0 Å². The molecule has 0 saturated heterocycles. The van der Waals surface area contributed by atoms with Crippen molar-refractivity contribution in [2.45, 2.75) is 6.18 Å². The Morgan fingerprint density at radius 3 is 2.62 bits per heavy atom. The summed E-state index contributed by atoms with van der Waals surface area (Å²) in [6, 6.07) is 6.49. The topological polar surface area (TPSA) is 67.2 Å². The number of alkyl halides is 3. The van der Waals surface area contributed by atoms with E-state index in [2.05, 4.69) is 14.7 Å². The lowest BCUT2D eigenvalue weighted by Gasteiger charge is -2.03. The van der Waals surface area contributed by atoms with Crippen molar-refractivity contribution in [2.24, 2.45) is 5.10 Å². The highest BCUT2D eigenvalue weighted by atomic mass is 35.5. The van der Waals surface area contributed by atoms with Crippen LogP contribution in [0.25, 0.3) is 0 Å². The molecule has 1 aromatic carbocycles. The molecule has 0 spiro atoms. The predicted molar refractivity (Wildman–Crippen MR) is 71.4 cm³/mol. The second kappa shape index (κ2) is 6.19. The normalized spacial score (nSPS) is 11.8. The van der Waals surface area contributed by atoms with Crippen molar-refractivity contribution in [1.82, 2.24) is 15.0 Å². The fraction of sp³-hybridized carbons (Fsp3) is 0.0909. The van der Waals surface area contributed by atoms with Crippen molar-refractivity contribution in [3.63, 3.8) is 0 Å². The number of carbonyl (C=O) groups is 1. The first-order valence-corrected chi connectivity index (χ1v) is 6.51. The van der Waals surface area contributed by atoms with Gasteiger partial charge >= 0.3 is 6.18 Å². The molecule has 0 aliphatic carbocycles. The molecular weight excluding hydrogens is 329 g/mol. The third kappa shape index (κ3) is 3.99. The number of rotatable bonds is 3. The summed E-state index contributed by atoms with van der Waals surface area (Å²) in [4.78, 5) is 11.0. The first-order valence-electron chi connectivity index (χ1n) is 5.36. The second-order valence-electron chi connectivity index (χ2n) is 3.70. The Labute approximate surface area is 125 Å². The van der Waals surface area contributed by atoms with Gasteiger partial charge in [0, 0.05) is 5.02 Å². The van der Waals surface area contributed by atoms with Crippen LogP contribution in [-0.2, 0) is 6.18 Å². The lowest BCUT2D eigenvalue weighted by Crippen LogP contribution is -2.21. The SMILES string of the molecule is O=C(N/N=C/c1ccc(Cl)cc1)c1snnc1C(F)(F)F. The van der Waals surface area contributed by atoms with Crippen LogP contribution >= 0.6 is 23.1 Å². The third-order valence-electron chi connectivity index (χ3n) is 2.21. The first kappa shape index (κ1) is 15.4. The zero-order valence-corrected chi connectivity index (χ0v) is 11.6. The molecule has 0 bridgehead atoms. The molecule has 21 heavy (non-hydrogen) atoms. The van der Waals surface area contributed by atoms with Crippen LogP contribution in [0, 0.1) is 0 Å². The van der Waals surface area contributed by atoms with Gasteiger partial charge in [-0.05, 0) is 29.2 Å². The van der Waals surface area contributed by atoms with E-state index in [-0.39, 0.29) is 0 Å². The number of nitrogens with zero attached hydrogens (tertiary/aromatic N) is 3. The smallest absolute Gasteiger partial charge is 0.266 e. The summed E-state index contributed by atoms with van der Waals surface area (Å²) in [5, 5.41) is 7.00. The van der Waals surface area contributed by atoms with Crippen molar-refractivity contribution in [2.75, 3.05) is 0 Å². The zero-order chi connectivity index (χ0) is 15.5. The molecule has 0 unspecified atom stereocenters. The van der Waals surface area contributed by atoms with Gasteiger partial charge in [-0.3, -0.25) is 4.79 Å². The zero-order valence-electron chi connectivity index (χ0n) is 10.1. The number of carbonyl (C=O) groups excluding carboxylic acids is 1. The van der Waals surface area contributed by atoms with Gasteiger partial charge in [-0.25, -0.2) is 5.43 Å². The Morgan fingerprint density at radius 2 is 2.00 bits per heavy atom. The van der Waals surface area contributed by atoms with Gasteiger partial charge in [-0.1, -0.05) is 28.2 Å². The summed E-state index contributed by atoms with van der Waals surface area (Å²) in [7, 11) is 0. The fourth-order valence-electron chi connectivity index (χ4n) is 1.29. The van der Waals surface area contributed by atoms with Gasteiger partial charge < -0.3 is 0 Å². The van der Waals surface area contributed by atoms with Gasteiger partial charge in [-0.15, -0.1) is 5.10 Å². The molecule has 110 valence electrons. The molecule has 0 atom stereocenters. The van der Waals surface area contributed by atoms with E-state index < -0.39 is 22.7 Å². The predicted octanol–water partition coefficient (Wildman–Crippen LogP) is 2.97. The van der Waals surface area contributed by atoms with Crippen LogP contribution in [0.2, 0.25) is 5.02 Å². The summed E-state index contributed by atoms with van der Waals surface area (Å²) >= 11 is 6.04. The fourth-order valence-corrected chi connectivity index (χ4v) is 1.99. The number of aromatic nitrogens is 2. The van der Waals surface area contributed by atoms with E-state index in [9.17, 15) is 18.0 Å². The molecule has 1 amide bonds. The Morgan fingerprint density at radius 1 is 1.33 bits per heavy atom. The average Bonchev–Trinajstić information content (AvgIpc) is 2.90. The quantitative estimate of drug-likeness (QED) is 0.693. The lowest BCUT2D eigenvalue weighted by atomic mass is 10.2. The van der Waals surface area contributed by atoms with E-state index in [1.807, 2.05) is 5.43 Å². The van der Waals surface area contributed by atoms with Gasteiger partial charge in [0.2, 0.25) is 0 Å². The van der Waals surface area contributed by atoms with Crippen molar-refractivity contribution >= 4 is 35.3 Å². The standard InChI is InChI=1S/C11H6ClF3N4OS/c12-7-3-1-6(2-4-7)5-16-18-10(20)8-9(11(13,14)15)17-19-21-8/h1-5H,(H,18,20)/b16-5+. The van der Waals surface area contributed by atoms with Crippen LogP contribution in [0.1, 0.15) is 20.9 Å². The van der Waals surface area contributed by atoms with E-state index in [0.29, 0.717) is 22.1 Å². The minimum Gasteiger partial charge on any atom is -0.266 e. The van der Waals surface area contributed by atoms with Crippen LogP contribution < -0.4 is 5.43 Å². The number of nitrogens with one attached hydrogen (secondary N) is 1. The maximum Gasteiger partial charge on any atom is 0.436 e. The van der Waals surface area contributed by atoms with Gasteiger partial charge in [0.1, 0.15) is 4.88 Å². The maximum atomic E-state index is 12.5. The number of hydrogen-bond donors (Lipinski definition) is 1. The van der Waals surface area contributed by atoms with Crippen LogP contribution in [0.15, 0.2) is 29.4 Å². The summed E-state index contributed by atoms with van der Waals surface area (Å²) in [5.74, 6) is -1.03. The van der Waals surface area contributed by atoms with E-state index >= 15 is 0 Å². The minimum atomic E-state index is -4.74. The summed E-state index contributed by atoms with van der Waals surface area (Å²) in [5.41, 5.74) is 1.28. The molecule has 1 aromatic heterocycles. The van der Waals surface area contributed by atoms with Gasteiger partial charge in [0.15, 0.2) is 5.69 Å². The van der Waals surface area contributed by atoms with Crippen molar-refractivity contribution in [1.29, 1.82) is 0 Å². The summed E-state index contributed by atoms with van der Waals surface area (Å²) < 4.78 is 40.8. The molecule has 1 heterocycles. The van der Waals surface area contributed by atoms with Gasteiger partial charge in [0.05, 0.1) is 6.21 Å². The Bertz CT molecular complexity index is 669. The molecule has 0 radical (unpaired) electrons. The molecule has 1 N–H and O–H groups in total. The highest BCUT2D eigenvalue weighted by molar-refractivity contribution is 7.08. The molecule has 0 aliphatic rings. The number of halogens is 4. The maximum absolute atomic E-state index is 12.5. The van der Waals surface area contributed by atoms with E-state index in [1.165, 1.54) is 6.21 Å². The molecule has 0 aliphatic heterocycles. The highest BCUT2D eigenvalue weighted by Crippen LogP contribution is 2.31. The Kier molecular flexibility index (Phi) is 4.53. The Balaban J connectivity index is 2.06. The largest absolute Gasteiger partial charge is 0.436 e. The molecular formula is C11H6ClF3N4OS. The lowest BCUT2D eigenvalue weighted by molar-refractivity contribution is -0.141. The second-order valence-corrected chi connectivity index (χ2v) is 4.89. The Hall–Kier alpha value is -2.00. The van der Waals surface area contributed by atoms with E-state index in [0.717, 1.165) is 0 Å². The molecule has 10 heteroatoms. The molecule has 5 nitrogen and oxygen atoms in total. The number of benzene rings is 1. The van der Waals surface area contributed by atoms with Crippen LogP contribution in [0.4, 0.5) is 13.2 Å². The molecule has 0 saturated carbocycles. The number of amides is 1. The molecule has 0 fully saturated rings. The first-order chi connectivity index (χ1) is 9.88. The molecule has 2 rings (SSSR count). The van der Waals surface area contributed by atoms with E-state index in [1.54, 1.807) is 24.3 Å². The van der Waals surface area contributed by atoms with Crippen molar-refractivity contribution in [3.05, 3.63) is 45.4 Å². The minimum absolute atomic E-state index is 0.348. The average molecular weight is 335 g/mol. The van der Waals surface area contributed by atoms with Crippen LogP contribution in [0.5, 0.6) is 0 Å². The number of hydrazone groups is 1. The van der Waals surface area contributed by atoms with Crippen LogP contribution in [-0.4, -0.2) is 21.7 Å². The summed E-state index contributed by atoms with van der Waals surface area (Å²) in [6.07, 6.45) is -3.46.